The molecule has 0 unspecified atom stereocenters. The molecule has 2 aromatic heterocycles. The molecule has 0 radical (unpaired) electrons. The number of likely N-dealkylation sites (N-methyl/N-ethyl adjacent to an activating group) is 1. The van der Waals surface area contributed by atoms with Crippen molar-refractivity contribution >= 4 is 17.6 Å². The lowest BCUT2D eigenvalue weighted by molar-refractivity contribution is -0.122. The first-order valence-electron chi connectivity index (χ1n) is 8.16. The highest BCUT2D eigenvalue weighted by Crippen LogP contribution is 2.22. The van der Waals surface area contributed by atoms with Gasteiger partial charge in [-0.15, -0.1) is 5.10 Å². The minimum Gasteiger partial charge on any atom is -0.484 e. The van der Waals surface area contributed by atoms with E-state index in [2.05, 4.69) is 25.9 Å². The molecule has 0 aliphatic carbocycles. The second kappa shape index (κ2) is 8.13. The van der Waals surface area contributed by atoms with Crippen LogP contribution in [0, 0.1) is 0 Å². The Bertz CT molecular complexity index is 930. The molecule has 140 valence electrons. The fourth-order valence-electron chi connectivity index (χ4n) is 2.30. The van der Waals surface area contributed by atoms with E-state index in [9.17, 15) is 9.59 Å². The first-order valence-corrected chi connectivity index (χ1v) is 8.16. The molecule has 3 aromatic rings. The van der Waals surface area contributed by atoms with Gasteiger partial charge in [-0.2, -0.15) is 15.0 Å². The van der Waals surface area contributed by atoms with Crippen molar-refractivity contribution in [3.05, 3.63) is 42.9 Å². The van der Waals surface area contributed by atoms with Gasteiger partial charge in [0.2, 0.25) is 5.91 Å². The summed E-state index contributed by atoms with van der Waals surface area (Å²) in [6, 6.07) is 7.27. The minimum atomic E-state index is -0.247. The molecule has 0 atom stereocenters. The van der Waals surface area contributed by atoms with Gasteiger partial charge in [-0.3, -0.25) is 14.3 Å². The van der Waals surface area contributed by atoms with E-state index in [1.165, 1.54) is 15.7 Å². The Kier molecular flexibility index (Phi) is 5.45. The van der Waals surface area contributed by atoms with Gasteiger partial charge < -0.3 is 15.4 Å². The highest BCUT2D eigenvalue weighted by molar-refractivity contribution is 5.89. The lowest BCUT2D eigenvalue weighted by Gasteiger charge is -2.05. The summed E-state index contributed by atoms with van der Waals surface area (Å²) >= 11 is 0. The highest BCUT2D eigenvalue weighted by Gasteiger charge is 2.09. The number of hydrogen-bond acceptors (Lipinski definition) is 6. The van der Waals surface area contributed by atoms with Crippen molar-refractivity contribution < 1.29 is 14.3 Å². The number of amides is 2. The van der Waals surface area contributed by atoms with Gasteiger partial charge in [-0.1, -0.05) is 12.1 Å². The Morgan fingerprint density at radius 1 is 1.07 bits per heavy atom. The number of rotatable bonds is 7. The molecule has 0 saturated carbocycles. The van der Waals surface area contributed by atoms with Gasteiger partial charge in [0.1, 0.15) is 12.3 Å². The van der Waals surface area contributed by atoms with Gasteiger partial charge in [0, 0.05) is 25.9 Å². The van der Waals surface area contributed by atoms with Gasteiger partial charge in [-0.25, -0.2) is 0 Å². The smallest absolute Gasteiger partial charge is 0.257 e. The predicted molar refractivity (Wildman–Crippen MR) is 96.9 cm³/mol. The molecular formula is C17H19N7O3. The van der Waals surface area contributed by atoms with Crippen molar-refractivity contribution in [3.63, 3.8) is 0 Å². The molecular weight excluding hydrogens is 350 g/mol. The second-order valence-electron chi connectivity index (χ2n) is 5.68. The molecule has 2 heterocycles. The molecule has 0 saturated heterocycles. The molecule has 0 spiro atoms. The molecule has 3 rings (SSSR count). The van der Waals surface area contributed by atoms with Crippen LogP contribution in [-0.4, -0.2) is 50.2 Å². The van der Waals surface area contributed by atoms with Crippen LogP contribution in [0.3, 0.4) is 0 Å². The highest BCUT2D eigenvalue weighted by atomic mass is 16.5. The average Bonchev–Trinajstić information content (AvgIpc) is 3.29. The number of hydrogen-bond donors (Lipinski definition) is 2. The molecule has 10 heteroatoms. The van der Waals surface area contributed by atoms with Crippen LogP contribution < -0.4 is 15.4 Å². The number of carbonyl (C=O) groups is 2. The van der Waals surface area contributed by atoms with E-state index >= 15 is 0 Å². The third kappa shape index (κ3) is 4.91. The minimum absolute atomic E-state index is 0.0331. The van der Waals surface area contributed by atoms with Crippen molar-refractivity contribution in [1.29, 1.82) is 0 Å². The summed E-state index contributed by atoms with van der Waals surface area (Å²) in [5.41, 5.74) is 1.78. The fraction of sp³-hybridized carbons (Fsp3) is 0.235. The van der Waals surface area contributed by atoms with Gasteiger partial charge >= 0.3 is 0 Å². The summed E-state index contributed by atoms with van der Waals surface area (Å²) in [6.07, 6.45) is 4.92. The number of nitrogens with one attached hydrogen (secondary N) is 2. The molecule has 1 aromatic carbocycles. The quantitative estimate of drug-likeness (QED) is 0.624. The van der Waals surface area contributed by atoms with Crippen LogP contribution in [0.2, 0.25) is 0 Å². The van der Waals surface area contributed by atoms with Crippen LogP contribution in [0.25, 0.3) is 11.1 Å². The molecule has 0 aliphatic heterocycles. The van der Waals surface area contributed by atoms with Crippen molar-refractivity contribution in [2.75, 3.05) is 19.0 Å². The van der Waals surface area contributed by atoms with E-state index in [0.29, 0.717) is 11.6 Å². The van der Waals surface area contributed by atoms with Crippen molar-refractivity contribution in [2.45, 2.75) is 6.54 Å². The Hall–Kier alpha value is -3.69. The zero-order valence-corrected chi connectivity index (χ0v) is 14.9. The van der Waals surface area contributed by atoms with E-state index in [0.717, 1.165) is 11.1 Å². The third-order valence-corrected chi connectivity index (χ3v) is 3.64. The Morgan fingerprint density at radius 2 is 1.85 bits per heavy atom. The van der Waals surface area contributed by atoms with E-state index in [4.69, 9.17) is 4.74 Å². The molecule has 0 fully saturated rings. The lowest BCUT2D eigenvalue weighted by atomic mass is 10.1. The summed E-state index contributed by atoms with van der Waals surface area (Å²) in [5, 5.41) is 17.2. The summed E-state index contributed by atoms with van der Waals surface area (Å²) < 4.78 is 6.91. The van der Waals surface area contributed by atoms with Crippen LogP contribution in [0.15, 0.2) is 42.9 Å². The molecule has 0 aliphatic rings. The van der Waals surface area contributed by atoms with Gasteiger partial charge in [0.05, 0.1) is 12.4 Å². The summed E-state index contributed by atoms with van der Waals surface area (Å²) in [4.78, 5) is 24.6. The second-order valence-corrected chi connectivity index (χ2v) is 5.68. The monoisotopic (exact) mass is 369 g/mol. The van der Waals surface area contributed by atoms with Crippen LogP contribution in [-0.2, 0) is 23.2 Å². The Balaban J connectivity index is 1.58. The topological polar surface area (TPSA) is 116 Å². The van der Waals surface area contributed by atoms with E-state index in [1.54, 1.807) is 38.6 Å². The van der Waals surface area contributed by atoms with Crippen LogP contribution in [0.1, 0.15) is 0 Å². The number of nitrogens with zero attached hydrogens (tertiary/aromatic N) is 5. The van der Waals surface area contributed by atoms with E-state index < -0.39 is 0 Å². The van der Waals surface area contributed by atoms with Crippen LogP contribution in [0.4, 0.5) is 5.82 Å². The molecule has 0 bridgehead atoms. The van der Waals surface area contributed by atoms with E-state index in [-0.39, 0.29) is 25.0 Å². The maximum atomic E-state index is 12.0. The van der Waals surface area contributed by atoms with Gasteiger partial charge in [0.15, 0.2) is 12.4 Å². The first kappa shape index (κ1) is 18.1. The standard InChI is InChI=1S/C17H19N7O3/c1-18-17(26)11-27-14-5-3-12(4-6-14)13-7-20-24(9-13)10-16(25)21-15-8-19-23(2)22-15/h3-9H,10-11H2,1-2H3,(H,18,26)(H,21,22,25). The maximum absolute atomic E-state index is 12.0. The van der Waals surface area contributed by atoms with Gasteiger partial charge in [0.25, 0.3) is 5.91 Å². The zero-order chi connectivity index (χ0) is 19.2. The number of anilines is 1. The SMILES string of the molecule is CNC(=O)COc1ccc(-c2cnn(CC(=O)Nc3cnn(C)n3)c2)cc1. The summed E-state index contributed by atoms with van der Waals surface area (Å²) in [7, 11) is 3.23. The van der Waals surface area contributed by atoms with Crippen molar-refractivity contribution in [1.82, 2.24) is 30.1 Å². The molecule has 27 heavy (non-hydrogen) atoms. The number of aryl methyl sites for hydroxylation is 1. The fourth-order valence-corrected chi connectivity index (χ4v) is 2.30. The largest absolute Gasteiger partial charge is 0.484 e. The molecule has 10 nitrogen and oxygen atoms in total. The Labute approximate surface area is 155 Å². The summed E-state index contributed by atoms with van der Waals surface area (Å²) in [5.74, 6) is 0.545. The number of ether oxygens (including phenoxy) is 1. The van der Waals surface area contributed by atoms with Crippen LogP contribution in [0.5, 0.6) is 5.75 Å². The number of aromatic nitrogens is 5. The number of carbonyl (C=O) groups excluding carboxylic acids is 2. The van der Waals surface area contributed by atoms with Crippen molar-refractivity contribution in [2.24, 2.45) is 7.05 Å². The normalized spacial score (nSPS) is 10.4. The Morgan fingerprint density at radius 3 is 2.52 bits per heavy atom. The van der Waals surface area contributed by atoms with E-state index in [1.807, 2.05) is 12.1 Å². The molecule has 2 N–H and O–H groups in total. The average molecular weight is 369 g/mol. The van der Waals surface area contributed by atoms with Crippen LogP contribution >= 0.6 is 0 Å². The van der Waals surface area contributed by atoms with Gasteiger partial charge in [-0.05, 0) is 17.7 Å². The maximum Gasteiger partial charge on any atom is 0.257 e. The summed E-state index contributed by atoms with van der Waals surface area (Å²) in [6.45, 7) is 0.0264. The lowest BCUT2D eigenvalue weighted by Crippen LogP contribution is -2.24. The first-order chi connectivity index (χ1) is 13.0. The zero-order valence-electron chi connectivity index (χ0n) is 14.9. The predicted octanol–water partition coefficient (Wildman–Crippen LogP) is 0.442. The third-order valence-electron chi connectivity index (χ3n) is 3.64. The number of benzene rings is 1. The van der Waals surface area contributed by atoms with Crippen molar-refractivity contribution in [3.8, 4) is 16.9 Å². The molecule has 2 amide bonds.